The lowest BCUT2D eigenvalue weighted by molar-refractivity contribution is 0.590. The zero-order valence-corrected chi connectivity index (χ0v) is 28.4. The monoisotopic (exact) mass is 622 g/mol. The van der Waals surface area contributed by atoms with Crippen molar-refractivity contribution in [1.82, 2.24) is 0 Å². The van der Waals surface area contributed by atoms with Crippen molar-refractivity contribution in [3.05, 3.63) is 132 Å². The molecule has 9 aromatic rings. The van der Waals surface area contributed by atoms with Crippen molar-refractivity contribution in [3.8, 4) is 22.3 Å². The molecule has 0 fully saturated rings. The van der Waals surface area contributed by atoms with Crippen LogP contribution in [0.4, 0.5) is 0 Å². The van der Waals surface area contributed by atoms with Crippen LogP contribution < -0.4 is 0 Å². The van der Waals surface area contributed by atoms with Crippen LogP contribution in [0.1, 0.15) is 52.7 Å². The molecule has 2 heterocycles. The van der Waals surface area contributed by atoms with E-state index in [4.69, 9.17) is 8.83 Å². The highest BCUT2D eigenvalue weighted by atomic mass is 16.3. The Morgan fingerprint density at radius 1 is 0.333 bits per heavy atom. The van der Waals surface area contributed by atoms with Gasteiger partial charge in [-0.3, -0.25) is 0 Å². The van der Waals surface area contributed by atoms with E-state index in [-0.39, 0.29) is 10.8 Å². The Morgan fingerprint density at radius 2 is 0.729 bits per heavy atom. The fraction of sp³-hybridized carbons (Fsp3) is 0.174. The third-order valence-electron chi connectivity index (χ3n) is 10.2. The van der Waals surface area contributed by atoms with E-state index in [2.05, 4.69) is 151 Å². The van der Waals surface area contributed by atoms with Crippen molar-refractivity contribution in [3.63, 3.8) is 0 Å². The maximum atomic E-state index is 6.26. The summed E-state index contributed by atoms with van der Waals surface area (Å²) in [5.74, 6) is 0. The Morgan fingerprint density at radius 3 is 1.15 bits per heavy atom. The van der Waals surface area contributed by atoms with Gasteiger partial charge in [0.1, 0.15) is 22.3 Å². The van der Waals surface area contributed by atoms with Crippen molar-refractivity contribution in [2.75, 3.05) is 0 Å². The van der Waals surface area contributed by atoms with Crippen molar-refractivity contribution in [2.24, 2.45) is 0 Å². The number of hydrogen-bond acceptors (Lipinski definition) is 2. The first kappa shape index (κ1) is 28.8. The summed E-state index contributed by atoms with van der Waals surface area (Å²) in [7, 11) is 0. The van der Waals surface area contributed by atoms with Gasteiger partial charge in [0.15, 0.2) is 0 Å². The zero-order valence-electron chi connectivity index (χ0n) is 28.4. The molecule has 2 nitrogen and oxygen atoms in total. The van der Waals surface area contributed by atoms with Crippen LogP contribution in [0.2, 0.25) is 0 Å². The van der Waals surface area contributed by atoms with E-state index in [9.17, 15) is 0 Å². The Labute approximate surface area is 280 Å². The molecule has 0 saturated carbocycles. The predicted octanol–water partition coefficient (Wildman–Crippen LogP) is 13.7. The first-order valence-corrected chi connectivity index (χ1v) is 16.9. The van der Waals surface area contributed by atoms with Crippen LogP contribution in [-0.2, 0) is 10.8 Å². The minimum absolute atomic E-state index is 0.00396. The molecular weight excluding hydrogens is 585 g/mol. The fourth-order valence-electron chi connectivity index (χ4n) is 7.55. The second-order valence-corrected chi connectivity index (χ2v) is 15.4. The highest BCUT2D eigenvalue weighted by Crippen LogP contribution is 2.47. The second-order valence-electron chi connectivity index (χ2n) is 15.4. The molecule has 9 rings (SSSR count). The molecule has 0 spiro atoms. The summed E-state index contributed by atoms with van der Waals surface area (Å²) in [5, 5.41) is 9.60. The molecular formula is C46H38O2. The molecule has 0 saturated heterocycles. The fourth-order valence-corrected chi connectivity index (χ4v) is 7.55. The summed E-state index contributed by atoms with van der Waals surface area (Å²) in [6, 6.07) is 44.4. The van der Waals surface area contributed by atoms with Gasteiger partial charge in [-0.1, -0.05) is 114 Å². The molecule has 0 N–H and O–H groups in total. The molecule has 234 valence electrons. The minimum atomic E-state index is -0.00396. The summed E-state index contributed by atoms with van der Waals surface area (Å²) in [4.78, 5) is 0. The third kappa shape index (κ3) is 4.39. The van der Waals surface area contributed by atoms with Crippen LogP contribution in [0, 0.1) is 0 Å². The highest BCUT2D eigenvalue weighted by Gasteiger charge is 2.23. The van der Waals surface area contributed by atoms with Crippen LogP contribution in [0.5, 0.6) is 0 Å². The topological polar surface area (TPSA) is 26.3 Å². The number of para-hydroxylation sites is 2. The van der Waals surface area contributed by atoms with Gasteiger partial charge in [0.2, 0.25) is 0 Å². The van der Waals surface area contributed by atoms with Gasteiger partial charge in [0.05, 0.1) is 0 Å². The number of rotatable bonds is 2. The molecule has 2 heteroatoms. The van der Waals surface area contributed by atoms with Crippen LogP contribution >= 0.6 is 0 Å². The third-order valence-corrected chi connectivity index (χ3v) is 10.2. The number of benzene rings is 7. The van der Waals surface area contributed by atoms with E-state index >= 15 is 0 Å². The maximum absolute atomic E-state index is 6.26. The highest BCUT2D eigenvalue weighted by molar-refractivity contribution is 6.23. The van der Waals surface area contributed by atoms with E-state index in [1.165, 1.54) is 54.9 Å². The molecule has 0 aliphatic rings. The lowest BCUT2D eigenvalue weighted by atomic mass is 9.79. The molecule has 0 unspecified atom stereocenters. The lowest BCUT2D eigenvalue weighted by Crippen LogP contribution is -2.11. The van der Waals surface area contributed by atoms with E-state index in [1.807, 2.05) is 12.1 Å². The normalized spacial score (nSPS) is 12.8. The molecule has 0 atom stereocenters. The van der Waals surface area contributed by atoms with Crippen molar-refractivity contribution in [2.45, 2.75) is 52.4 Å². The molecule has 0 amide bonds. The first-order valence-electron chi connectivity index (χ1n) is 16.9. The SMILES string of the molecule is CC(C)(C)c1ccc2c(-c3ccc4oc5ccccc5c4c3)c3cc(C(C)(C)C)ccc3c(-c3ccc4oc5ccccc5c4c3)c2c1. The maximum Gasteiger partial charge on any atom is 0.135 e. The summed E-state index contributed by atoms with van der Waals surface area (Å²) < 4.78 is 12.5. The van der Waals surface area contributed by atoms with Gasteiger partial charge in [-0.15, -0.1) is 0 Å². The van der Waals surface area contributed by atoms with Crippen LogP contribution in [0.3, 0.4) is 0 Å². The average molecular weight is 623 g/mol. The van der Waals surface area contributed by atoms with Gasteiger partial charge in [0, 0.05) is 21.5 Å². The van der Waals surface area contributed by atoms with E-state index < -0.39 is 0 Å². The van der Waals surface area contributed by atoms with E-state index in [1.54, 1.807) is 0 Å². The lowest BCUT2D eigenvalue weighted by Gasteiger charge is -2.25. The Hall–Kier alpha value is -5.34. The minimum Gasteiger partial charge on any atom is -0.456 e. The second kappa shape index (κ2) is 10.1. The molecule has 0 aliphatic carbocycles. The summed E-state index contributed by atoms with van der Waals surface area (Å²) in [6.07, 6.45) is 0. The van der Waals surface area contributed by atoms with Crippen molar-refractivity contribution >= 4 is 65.4 Å². The van der Waals surface area contributed by atoms with E-state index in [0.717, 1.165) is 43.9 Å². The molecule has 48 heavy (non-hydrogen) atoms. The van der Waals surface area contributed by atoms with Gasteiger partial charge in [-0.05, 0) is 114 Å². The van der Waals surface area contributed by atoms with Crippen LogP contribution in [0.25, 0.3) is 87.7 Å². The Bertz CT molecular complexity index is 2550. The van der Waals surface area contributed by atoms with Gasteiger partial charge in [-0.25, -0.2) is 0 Å². The smallest absolute Gasteiger partial charge is 0.135 e. The molecule has 0 aliphatic heterocycles. The average Bonchev–Trinajstić information content (AvgIpc) is 3.63. The van der Waals surface area contributed by atoms with Crippen LogP contribution in [0.15, 0.2) is 130 Å². The van der Waals surface area contributed by atoms with Gasteiger partial charge in [0.25, 0.3) is 0 Å². The first-order chi connectivity index (χ1) is 23.0. The van der Waals surface area contributed by atoms with Crippen LogP contribution in [-0.4, -0.2) is 0 Å². The summed E-state index contributed by atoms with van der Waals surface area (Å²) >= 11 is 0. The Balaban J connectivity index is 1.44. The quantitative estimate of drug-likeness (QED) is 0.179. The summed E-state index contributed by atoms with van der Waals surface area (Å²) in [6.45, 7) is 13.8. The Kier molecular flexibility index (Phi) is 6.06. The largest absolute Gasteiger partial charge is 0.456 e. The predicted molar refractivity (Wildman–Crippen MR) is 204 cm³/mol. The standard InChI is InChI=1S/C46H38O2/c1-45(2,3)29-17-19-33-37(25-29)43(27-15-21-41-35(23-27)31-11-7-9-13-39(31)47-41)34-20-18-30(46(4,5)6)26-38(34)44(33)28-16-22-42-36(24-28)32-12-8-10-14-40(32)48-42/h7-26H,1-6H3. The molecule has 0 radical (unpaired) electrons. The zero-order chi connectivity index (χ0) is 32.9. The van der Waals surface area contributed by atoms with Gasteiger partial charge < -0.3 is 8.83 Å². The number of fused-ring (bicyclic) bond motifs is 8. The molecule has 7 aromatic carbocycles. The molecule has 2 aromatic heterocycles. The van der Waals surface area contributed by atoms with E-state index in [0.29, 0.717) is 0 Å². The summed E-state index contributed by atoms with van der Waals surface area (Å²) in [5.41, 5.74) is 11.2. The number of furan rings is 2. The van der Waals surface area contributed by atoms with Crippen molar-refractivity contribution < 1.29 is 8.83 Å². The van der Waals surface area contributed by atoms with Gasteiger partial charge >= 0.3 is 0 Å². The number of hydrogen-bond donors (Lipinski definition) is 0. The van der Waals surface area contributed by atoms with Crippen molar-refractivity contribution in [1.29, 1.82) is 0 Å². The van der Waals surface area contributed by atoms with Gasteiger partial charge in [-0.2, -0.15) is 0 Å². The molecule has 0 bridgehead atoms.